The van der Waals surface area contributed by atoms with Crippen molar-refractivity contribution in [3.8, 4) is 5.75 Å². The lowest BCUT2D eigenvalue weighted by Gasteiger charge is -2.33. The van der Waals surface area contributed by atoms with Crippen LogP contribution in [0.3, 0.4) is 0 Å². The second kappa shape index (κ2) is 9.90. The highest BCUT2D eigenvalue weighted by atomic mass is 35.5. The van der Waals surface area contributed by atoms with E-state index in [1.807, 2.05) is 12.1 Å². The van der Waals surface area contributed by atoms with Crippen LogP contribution in [-0.4, -0.2) is 56.2 Å². The van der Waals surface area contributed by atoms with Crippen LogP contribution < -0.4 is 15.4 Å². The van der Waals surface area contributed by atoms with E-state index in [1.54, 1.807) is 12.1 Å². The quantitative estimate of drug-likeness (QED) is 0.766. The molecule has 0 radical (unpaired) electrons. The van der Waals surface area contributed by atoms with Crippen LogP contribution in [0.5, 0.6) is 5.75 Å². The van der Waals surface area contributed by atoms with E-state index in [-0.39, 0.29) is 18.3 Å². The number of hydrogen-bond acceptors (Lipinski definition) is 4. The molecule has 1 aliphatic rings. The predicted molar refractivity (Wildman–Crippen MR) is 91.1 cm³/mol. The molecule has 0 bridgehead atoms. The monoisotopic (exact) mass is 347 g/mol. The molecule has 0 aliphatic carbocycles. The Morgan fingerprint density at radius 2 is 2.36 bits per heavy atom. The Balaban J connectivity index is 0.00000242. The molecular weight excluding hydrogens is 325 g/mol. The van der Waals surface area contributed by atoms with Gasteiger partial charge in [-0.2, -0.15) is 0 Å². The Morgan fingerprint density at radius 1 is 1.55 bits per heavy atom. The first-order valence-electron chi connectivity index (χ1n) is 7.25. The fourth-order valence-electron chi connectivity index (χ4n) is 2.27. The Kier molecular flexibility index (Phi) is 8.56. The zero-order valence-electron chi connectivity index (χ0n) is 12.7. The molecule has 2 N–H and O–H groups in total. The fourth-order valence-corrected chi connectivity index (χ4v) is 2.45. The summed E-state index contributed by atoms with van der Waals surface area (Å²) in [6, 6.07) is 7.63. The van der Waals surface area contributed by atoms with Gasteiger partial charge in [0.05, 0.1) is 13.1 Å². The lowest BCUT2D eigenvalue weighted by Crippen LogP contribution is -2.52. The number of amides is 1. The van der Waals surface area contributed by atoms with Gasteiger partial charge in [-0.3, -0.25) is 9.69 Å². The average Bonchev–Trinajstić information content (AvgIpc) is 2.46. The van der Waals surface area contributed by atoms with Gasteiger partial charge >= 0.3 is 0 Å². The topological polar surface area (TPSA) is 53.6 Å². The van der Waals surface area contributed by atoms with Crippen molar-refractivity contribution in [1.29, 1.82) is 0 Å². The van der Waals surface area contributed by atoms with Crippen molar-refractivity contribution in [1.82, 2.24) is 15.5 Å². The summed E-state index contributed by atoms with van der Waals surface area (Å²) < 4.78 is 5.53. The van der Waals surface area contributed by atoms with Gasteiger partial charge in [-0.05, 0) is 25.1 Å². The summed E-state index contributed by atoms with van der Waals surface area (Å²) in [6.07, 6.45) is 0. The van der Waals surface area contributed by atoms with E-state index < -0.39 is 0 Å². The molecular formula is C15H23Cl2N3O2. The van der Waals surface area contributed by atoms with Crippen LogP contribution in [0, 0.1) is 0 Å². The predicted octanol–water partition coefficient (Wildman–Crippen LogP) is 1.55. The summed E-state index contributed by atoms with van der Waals surface area (Å²) in [5.41, 5.74) is 0. The van der Waals surface area contributed by atoms with E-state index >= 15 is 0 Å². The van der Waals surface area contributed by atoms with Gasteiger partial charge in [0, 0.05) is 30.7 Å². The zero-order chi connectivity index (χ0) is 15.1. The molecule has 1 atom stereocenters. The van der Waals surface area contributed by atoms with Gasteiger partial charge in [0.15, 0.2) is 0 Å². The third-order valence-corrected chi connectivity index (χ3v) is 3.71. The Hall–Kier alpha value is -1.01. The van der Waals surface area contributed by atoms with Crippen LogP contribution >= 0.6 is 24.0 Å². The van der Waals surface area contributed by atoms with Gasteiger partial charge in [-0.1, -0.05) is 17.7 Å². The van der Waals surface area contributed by atoms with Gasteiger partial charge in [0.25, 0.3) is 0 Å². The molecule has 1 heterocycles. The molecule has 0 aromatic heterocycles. The van der Waals surface area contributed by atoms with Crippen molar-refractivity contribution < 1.29 is 9.53 Å². The average molecular weight is 348 g/mol. The van der Waals surface area contributed by atoms with Gasteiger partial charge in [0.2, 0.25) is 5.91 Å². The van der Waals surface area contributed by atoms with Crippen LogP contribution in [0.2, 0.25) is 5.02 Å². The van der Waals surface area contributed by atoms with E-state index in [9.17, 15) is 4.79 Å². The molecule has 7 heteroatoms. The van der Waals surface area contributed by atoms with Crippen molar-refractivity contribution in [2.24, 2.45) is 0 Å². The van der Waals surface area contributed by atoms with Crippen molar-refractivity contribution in [2.75, 3.05) is 39.3 Å². The maximum Gasteiger partial charge on any atom is 0.234 e. The van der Waals surface area contributed by atoms with Crippen LogP contribution in [0.15, 0.2) is 24.3 Å². The van der Waals surface area contributed by atoms with E-state index in [2.05, 4.69) is 22.5 Å². The first kappa shape index (κ1) is 19.0. The number of benzene rings is 1. The second-order valence-corrected chi connectivity index (χ2v) is 5.62. The van der Waals surface area contributed by atoms with Crippen molar-refractivity contribution >= 4 is 29.9 Å². The molecule has 5 nitrogen and oxygen atoms in total. The molecule has 0 saturated carbocycles. The Bertz CT molecular complexity index is 474. The maximum absolute atomic E-state index is 11.9. The number of rotatable bonds is 6. The van der Waals surface area contributed by atoms with E-state index in [4.69, 9.17) is 16.3 Å². The molecule has 2 rings (SSSR count). The number of carbonyl (C=O) groups excluding carboxylic acids is 1. The maximum atomic E-state index is 11.9. The number of nitrogens with one attached hydrogen (secondary N) is 2. The van der Waals surface area contributed by atoms with Crippen molar-refractivity contribution in [3.05, 3.63) is 29.3 Å². The highest BCUT2D eigenvalue weighted by Crippen LogP contribution is 2.16. The van der Waals surface area contributed by atoms with E-state index in [0.29, 0.717) is 36.5 Å². The number of piperazine rings is 1. The number of halogens is 2. The lowest BCUT2D eigenvalue weighted by atomic mass is 10.2. The Labute approximate surface area is 142 Å². The molecule has 0 unspecified atom stereocenters. The highest BCUT2D eigenvalue weighted by molar-refractivity contribution is 6.30. The second-order valence-electron chi connectivity index (χ2n) is 5.18. The normalized spacial score (nSPS) is 18.4. The first-order chi connectivity index (χ1) is 10.1. The highest BCUT2D eigenvalue weighted by Gasteiger charge is 2.19. The molecule has 1 aromatic carbocycles. The van der Waals surface area contributed by atoms with Gasteiger partial charge < -0.3 is 15.4 Å². The molecule has 22 heavy (non-hydrogen) atoms. The summed E-state index contributed by atoms with van der Waals surface area (Å²) in [6.45, 7) is 6.28. The first-order valence-corrected chi connectivity index (χ1v) is 7.63. The van der Waals surface area contributed by atoms with Crippen LogP contribution in [0.4, 0.5) is 0 Å². The van der Waals surface area contributed by atoms with Gasteiger partial charge in [0.1, 0.15) is 12.4 Å². The standard InChI is InChI=1S/C15H22ClN3O2.ClH/c1-12-10-17-5-7-19(12)11-15(20)18-6-8-21-14-4-2-3-13(16)9-14;/h2-4,9,12,17H,5-8,10-11H2,1H3,(H,18,20);1H/t12-;/m1./s1. The minimum Gasteiger partial charge on any atom is -0.492 e. The molecule has 1 amide bonds. The third kappa shape index (κ3) is 6.40. The molecule has 124 valence electrons. The largest absolute Gasteiger partial charge is 0.492 e. The van der Waals surface area contributed by atoms with Crippen LogP contribution in [-0.2, 0) is 4.79 Å². The smallest absolute Gasteiger partial charge is 0.234 e. The molecule has 1 saturated heterocycles. The van der Waals surface area contributed by atoms with Gasteiger partial charge in [-0.15, -0.1) is 12.4 Å². The third-order valence-electron chi connectivity index (χ3n) is 3.47. The number of carbonyl (C=O) groups is 1. The van der Waals surface area contributed by atoms with Crippen molar-refractivity contribution in [2.45, 2.75) is 13.0 Å². The minimum atomic E-state index is 0. The fraction of sp³-hybridized carbons (Fsp3) is 0.533. The van der Waals surface area contributed by atoms with E-state index in [1.165, 1.54) is 0 Å². The zero-order valence-corrected chi connectivity index (χ0v) is 14.3. The molecule has 1 aliphatic heterocycles. The van der Waals surface area contributed by atoms with Gasteiger partial charge in [-0.25, -0.2) is 0 Å². The number of hydrogen-bond donors (Lipinski definition) is 2. The summed E-state index contributed by atoms with van der Waals surface area (Å²) in [5.74, 6) is 0.755. The SMILES string of the molecule is C[C@@H]1CNCCN1CC(=O)NCCOc1cccc(Cl)c1.Cl. The molecule has 1 aromatic rings. The summed E-state index contributed by atoms with van der Waals surface area (Å²) in [5, 5.41) is 6.83. The van der Waals surface area contributed by atoms with Crippen LogP contribution in [0.25, 0.3) is 0 Å². The van der Waals surface area contributed by atoms with E-state index in [0.717, 1.165) is 19.6 Å². The number of nitrogens with zero attached hydrogens (tertiary/aromatic N) is 1. The summed E-state index contributed by atoms with van der Waals surface area (Å²) in [7, 11) is 0. The lowest BCUT2D eigenvalue weighted by molar-refractivity contribution is -0.123. The number of ether oxygens (including phenoxy) is 1. The van der Waals surface area contributed by atoms with Crippen molar-refractivity contribution in [3.63, 3.8) is 0 Å². The molecule has 0 spiro atoms. The minimum absolute atomic E-state index is 0. The Morgan fingerprint density at radius 3 is 3.09 bits per heavy atom. The summed E-state index contributed by atoms with van der Waals surface area (Å²) >= 11 is 5.87. The van der Waals surface area contributed by atoms with Crippen LogP contribution in [0.1, 0.15) is 6.92 Å². The summed E-state index contributed by atoms with van der Waals surface area (Å²) in [4.78, 5) is 14.1. The molecule has 1 fully saturated rings.